The second-order valence-corrected chi connectivity index (χ2v) is 4.84. The molecule has 0 heterocycles. The molecule has 4 nitrogen and oxygen atoms in total. The van der Waals surface area contributed by atoms with Crippen molar-refractivity contribution in [2.75, 3.05) is 14.2 Å². The first-order valence-electron chi connectivity index (χ1n) is 6.58. The smallest absolute Gasteiger partial charge is 0.399 e. The van der Waals surface area contributed by atoms with Gasteiger partial charge in [0.15, 0.2) is 23.0 Å². The number of rotatable bonds is 4. The highest BCUT2D eigenvalue weighted by atomic mass is 19.4. The molecule has 0 spiro atoms. The number of halogens is 3. The standard InChI is InChI=1S/C16H15F3O4/c1-22-13-7-9(3-5-11(13)20)15(16(17,18)19)10-4-6-12(21)14(8-10)23-2/h3-8,15,20-21H,1-2H3. The molecular formula is C16H15F3O4. The average Bonchev–Trinajstić information content (AvgIpc) is 2.49. The molecule has 2 aromatic carbocycles. The summed E-state index contributed by atoms with van der Waals surface area (Å²) in [5.74, 6) is -2.56. The van der Waals surface area contributed by atoms with E-state index in [4.69, 9.17) is 9.47 Å². The minimum atomic E-state index is -4.58. The first-order valence-corrected chi connectivity index (χ1v) is 6.58. The van der Waals surface area contributed by atoms with Gasteiger partial charge in [0, 0.05) is 0 Å². The predicted molar refractivity (Wildman–Crippen MR) is 77.2 cm³/mol. The number of phenols is 2. The van der Waals surface area contributed by atoms with E-state index in [-0.39, 0.29) is 34.1 Å². The van der Waals surface area contributed by atoms with E-state index in [0.717, 1.165) is 24.3 Å². The quantitative estimate of drug-likeness (QED) is 0.896. The molecule has 0 saturated heterocycles. The number of aromatic hydroxyl groups is 2. The van der Waals surface area contributed by atoms with Gasteiger partial charge in [0.05, 0.1) is 14.2 Å². The first kappa shape index (κ1) is 16.8. The molecule has 7 heteroatoms. The number of methoxy groups -OCH3 is 2. The van der Waals surface area contributed by atoms with E-state index in [1.807, 2.05) is 0 Å². The third kappa shape index (κ3) is 3.44. The van der Waals surface area contributed by atoms with Crippen LogP contribution in [0.5, 0.6) is 23.0 Å². The Kier molecular flexibility index (Phi) is 4.58. The van der Waals surface area contributed by atoms with Gasteiger partial charge < -0.3 is 19.7 Å². The zero-order chi connectivity index (χ0) is 17.2. The fourth-order valence-corrected chi connectivity index (χ4v) is 2.32. The Balaban J connectivity index is 2.59. The molecule has 0 fully saturated rings. The summed E-state index contributed by atoms with van der Waals surface area (Å²) in [6.45, 7) is 0. The molecular weight excluding hydrogens is 313 g/mol. The van der Waals surface area contributed by atoms with Gasteiger partial charge in [-0.3, -0.25) is 0 Å². The highest BCUT2D eigenvalue weighted by molar-refractivity contribution is 5.49. The summed E-state index contributed by atoms with van der Waals surface area (Å²) in [7, 11) is 2.51. The van der Waals surface area contributed by atoms with Crippen LogP contribution in [0, 0.1) is 0 Å². The average molecular weight is 328 g/mol. The number of ether oxygens (including phenoxy) is 2. The van der Waals surface area contributed by atoms with Crippen molar-refractivity contribution < 1.29 is 32.9 Å². The van der Waals surface area contributed by atoms with Crippen LogP contribution >= 0.6 is 0 Å². The van der Waals surface area contributed by atoms with Gasteiger partial charge in [0.1, 0.15) is 5.92 Å². The normalized spacial score (nSPS) is 11.6. The van der Waals surface area contributed by atoms with Gasteiger partial charge in [0.2, 0.25) is 0 Å². The Morgan fingerprint density at radius 2 is 1.22 bits per heavy atom. The molecule has 2 N–H and O–H groups in total. The van der Waals surface area contributed by atoms with E-state index < -0.39 is 12.1 Å². The molecule has 0 bridgehead atoms. The minimum absolute atomic E-state index is 0.0532. The van der Waals surface area contributed by atoms with Crippen LogP contribution in [0.15, 0.2) is 36.4 Å². The van der Waals surface area contributed by atoms with Crippen LogP contribution in [0.2, 0.25) is 0 Å². The first-order chi connectivity index (χ1) is 10.8. The summed E-state index contributed by atoms with van der Waals surface area (Å²) in [4.78, 5) is 0. The van der Waals surface area contributed by atoms with E-state index in [1.54, 1.807) is 0 Å². The number of hydrogen-bond donors (Lipinski definition) is 2. The van der Waals surface area contributed by atoms with Crippen LogP contribution in [-0.4, -0.2) is 30.6 Å². The molecule has 0 amide bonds. The maximum absolute atomic E-state index is 13.6. The molecule has 0 saturated carbocycles. The van der Waals surface area contributed by atoms with Crippen molar-refractivity contribution >= 4 is 0 Å². The summed E-state index contributed by atoms with van der Waals surface area (Å²) in [6, 6.07) is 6.90. The summed E-state index contributed by atoms with van der Waals surface area (Å²) >= 11 is 0. The van der Waals surface area contributed by atoms with Crippen LogP contribution in [0.3, 0.4) is 0 Å². The predicted octanol–water partition coefficient (Wildman–Crippen LogP) is 3.81. The van der Waals surface area contributed by atoms with Gasteiger partial charge in [-0.25, -0.2) is 0 Å². The molecule has 124 valence electrons. The van der Waals surface area contributed by atoms with Crippen molar-refractivity contribution in [2.45, 2.75) is 12.1 Å². The Morgan fingerprint density at radius 1 is 0.826 bits per heavy atom. The van der Waals surface area contributed by atoms with E-state index in [0.29, 0.717) is 0 Å². The maximum Gasteiger partial charge on any atom is 0.399 e. The Morgan fingerprint density at radius 3 is 1.52 bits per heavy atom. The van der Waals surface area contributed by atoms with Crippen molar-refractivity contribution in [3.8, 4) is 23.0 Å². The van der Waals surface area contributed by atoms with Crippen LogP contribution in [0.4, 0.5) is 13.2 Å². The zero-order valence-electron chi connectivity index (χ0n) is 12.4. The van der Waals surface area contributed by atoms with Crippen molar-refractivity contribution in [3.05, 3.63) is 47.5 Å². The van der Waals surface area contributed by atoms with E-state index in [9.17, 15) is 23.4 Å². The van der Waals surface area contributed by atoms with Crippen molar-refractivity contribution in [3.63, 3.8) is 0 Å². The molecule has 0 aliphatic rings. The maximum atomic E-state index is 13.6. The highest BCUT2D eigenvalue weighted by Crippen LogP contribution is 2.44. The lowest BCUT2D eigenvalue weighted by Gasteiger charge is -2.22. The largest absolute Gasteiger partial charge is 0.504 e. The summed E-state index contributed by atoms with van der Waals surface area (Å²) in [5.41, 5.74) is -0.195. The molecule has 0 aliphatic carbocycles. The molecule has 0 atom stereocenters. The second kappa shape index (κ2) is 6.28. The molecule has 2 rings (SSSR count). The lowest BCUT2D eigenvalue weighted by molar-refractivity contribution is -0.141. The van der Waals surface area contributed by atoms with Gasteiger partial charge in [-0.1, -0.05) is 12.1 Å². The number of alkyl halides is 3. The van der Waals surface area contributed by atoms with Gasteiger partial charge in [-0.15, -0.1) is 0 Å². The molecule has 0 unspecified atom stereocenters. The third-order valence-electron chi connectivity index (χ3n) is 3.40. The topological polar surface area (TPSA) is 58.9 Å². The van der Waals surface area contributed by atoms with E-state index in [1.165, 1.54) is 26.4 Å². The minimum Gasteiger partial charge on any atom is -0.504 e. The van der Waals surface area contributed by atoms with Crippen LogP contribution in [-0.2, 0) is 0 Å². The van der Waals surface area contributed by atoms with Crippen LogP contribution < -0.4 is 9.47 Å². The van der Waals surface area contributed by atoms with Crippen molar-refractivity contribution in [1.82, 2.24) is 0 Å². The molecule has 0 radical (unpaired) electrons. The highest BCUT2D eigenvalue weighted by Gasteiger charge is 2.42. The fraction of sp³-hybridized carbons (Fsp3) is 0.250. The Hall–Kier alpha value is -2.57. The van der Waals surface area contributed by atoms with Gasteiger partial charge in [-0.05, 0) is 35.4 Å². The summed E-state index contributed by atoms with van der Waals surface area (Å²) < 4.78 is 50.4. The lowest BCUT2D eigenvalue weighted by Crippen LogP contribution is -2.22. The monoisotopic (exact) mass is 328 g/mol. The fourth-order valence-electron chi connectivity index (χ4n) is 2.32. The van der Waals surface area contributed by atoms with Crippen LogP contribution in [0.1, 0.15) is 17.0 Å². The molecule has 23 heavy (non-hydrogen) atoms. The number of hydrogen-bond acceptors (Lipinski definition) is 4. The Labute approximate surface area is 130 Å². The Bertz CT molecular complexity index is 645. The summed E-state index contributed by atoms with van der Waals surface area (Å²) in [5, 5.41) is 19.1. The molecule has 0 aliphatic heterocycles. The van der Waals surface area contributed by atoms with E-state index >= 15 is 0 Å². The van der Waals surface area contributed by atoms with Crippen molar-refractivity contribution in [2.24, 2.45) is 0 Å². The molecule has 0 aromatic heterocycles. The van der Waals surface area contributed by atoms with Gasteiger partial charge >= 0.3 is 6.18 Å². The lowest BCUT2D eigenvalue weighted by atomic mass is 9.90. The number of benzene rings is 2. The van der Waals surface area contributed by atoms with Gasteiger partial charge in [-0.2, -0.15) is 13.2 Å². The van der Waals surface area contributed by atoms with Gasteiger partial charge in [0.25, 0.3) is 0 Å². The molecule has 2 aromatic rings. The van der Waals surface area contributed by atoms with Crippen LogP contribution in [0.25, 0.3) is 0 Å². The zero-order valence-corrected chi connectivity index (χ0v) is 12.4. The van der Waals surface area contributed by atoms with Crippen molar-refractivity contribution in [1.29, 1.82) is 0 Å². The van der Waals surface area contributed by atoms with E-state index in [2.05, 4.69) is 0 Å². The summed E-state index contributed by atoms with van der Waals surface area (Å²) in [6.07, 6.45) is -4.58. The SMILES string of the molecule is COc1cc(C(c2ccc(O)c(OC)c2)C(F)(F)F)ccc1O. The number of phenolic OH excluding ortho intramolecular Hbond substituents is 2. The third-order valence-corrected chi connectivity index (χ3v) is 3.40. The second-order valence-electron chi connectivity index (χ2n) is 4.84.